The molecule has 1 aromatic carbocycles. The number of nitrogens with one attached hydrogen (secondary N) is 2. The number of nitriles is 1. The maximum atomic E-state index is 11.3. The fraction of sp³-hybridized carbons (Fsp3) is 0.250. The second kappa shape index (κ2) is 6.91. The molecule has 0 radical (unpaired) electrons. The topological polar surface area (TPSA) is 91.2 Å². The fourth-order valence-electron chi connectivity index (χ4n) is 1.14. The van der Waals surface area contributed by atoms with Crippen LogP contribution >= 0.6 is 0 Å². The molecule has 2 N–H and O–H groups in total. The van der Waals surface area contributed by atoms with Crippen molar-refractivity contribution in [1.82, 2.24) is 10.6 Å². The van der Waals surface area contributed by atoms with Gasteiger partial charge < -0.3 is 10.1 Å². The van der Waals surface area contributed by atoms with E-state index >= 15 is 0 Å². The summed E-state index contributed by atoms with van der Waals surface area (Å²) >= 11 is 0. The van der Waals surface area contributed by atoms with Crippen LogP contribution in [0.2, 0.25) is 0 Å². The van der Waals surface area contributed by atoms with E-state index in [9.17, 15) is 9.59 Å². The van der Waals surface area contributed by atoms with Crippen molar-refractivity contribution in [1.29, 1.82) is 5.26 Å². The summed E-state index contributed by atoms with van der Waals surface area (Å²) < 4.78 is 5.14. The van der Waals surface area contributed by atoms with E-state index in [1.807, 2.05) is 6.07 Å². The number of benzene rings is 1. The normalized spacial score (nSPS) is 9.11. The van der Waals surface area contributed by atoms with Gasteiger partial charge in [-0.25, -0.2) is 4.79 Å². The summed E-state index contributed by atoms with van der Waals surface area (Å²) in [4.78, 5) is 22.3. The predicted molar refractivity (Wildman–Crippen MR) is 63.9 cm³/mol. The first-order chi connectivity index (χ1) is 8.65. The number of amides is 3. The summed E-state index contributed by atoms with van der Waals surface area (Å²) in [6.45, 7) is 1.93. The molecule has 0 atom stereocenters. The van der Waals surface area contributed by atoms with E-state index in [1.165, 1.54) is 0 Å². The van der Waals surface area contributed by atoms with Gasteiger partial charge in [0, 0.05) is 6.54 Å². The SMILES string of the molecule is CCNC(=O)NC(=O)COc1ccc(C#N)cc1. The largest absolute Gasteiger partial charge is 0.484 e. The monoisotopic (exact) mass is 247 g/mol. The van der Waals surface area contributed by atoms with Gasteiger partial charge in [-0.2, -0.15) is 5.26 Å². The minimum Gasteiger partial charge on any atom is -0.484 e. The average Bonchev–Trinajstić information content (AvgIpc) is 2.37. The second-order valence-corrected chi connectivity index (χ2v) is 3.33. The number of hydrogen-bond acceptors (Lipinski definition) is 4. The molecule has 0 aliphatic carbocycles. The van der Waals surface area contributed by atoms with Crippen LogP contribution in [0, 0.1) is 11.3 Å². The first kappa shape index (κ1) is 13.5. The third kappa shape index (κ3) is 4.53. The molecule has 18 heavy (non-hydrogen) atoms. The Morgan fingerprint density at radius 1 is 1.33 bits per heavy atom. The third-order valence-corrected chi connectivity index (χ3v) is 1.94. The second-order valence-electron chi connectivity index (χ2n) is 3.33. The first-order valence-corrected chi connectivity index (χ1v) is 5.36. The molecule has 0 saturated carbocycles. The number of imide groups is 1. The fourth-order valence-corrected chi connectivity index (χ4v) is 1.14. The van der Waals surface area contributed by atoms with Crippen molar-refractivity contribution < 1.29 is 14.3 Å². The quantitative estimate of drug-likeness (QED) is 0.822. The molecule has 0 fully saturated rings. The molecule has 0 saturated heterocycles. The van der Waals surface area contributed by atoms with E-state index in [0.717, 1.165) is 0 Å². The number of carbonyl (C=O) groups is 2. The lowest BCUT2D eigenvalue weighted by atomic mass is 10.2. The average molecular weight is 247 g/mol. The summed E-state index contributed by atoms with van der Waals surface area (Å²) in [5, 5.41) is 13.1. The summed E-state index contributed by atoms with van der Waals surface area (Å²) in [6.07, 6.45) is 0. The van der Waals surface area contributed by atoms with E-state index in [2.05, 4.69) is 10.6 Å². The molecular weight excluding hydrogens is 234 g/mol. The van der Waals surface area contributed by atoms with Crippen LogP contribution in [-0.4, -0.2) is 25.1 Å². The van der Waals surface area contributed by atoms with E-state index in [1.54, 1.807) is 31.2 Å². The smallest absolute Gasteiger partial charge is 0.321 e. The van der Waals surface area contributed by atoms with Gasteiger partial charge in [0.15, 0.2) is 6.61 Å². The first-order valence-electron chi connectivity index (χ1n) is 5.36. The number of nitrogens with zero attached hydrogens (tertiary/aromatic N) is 1. The molecule has 0 spiro atoms. The number of urea groups is 1. The maximum absolute atomic E-state index is 11.3. The van der Waals surface area contributed by atoms with Crippen molar-refractivity contribution in [2.24, 2.45) is 0 Å². The minimum absolute atomic E-state index is 0.261. The molecule has 6 heteroatoms. The molecule has 0 bridgehead atoms. The highest BCUT2D eigenvalue weighted by atomic mass is 16.5. The molecule has 0 aromatic heterocycles. The molecule has 0 aliphatic heterocycles. The highest BCUT2D eigenvalue weighted by Crippen LogP contribution is 2.10. The van der Waals surface area contributed by atoms with Crippen LogP contribution in [0.15, 0.2) is 24.3 Å². The highest BCUT2D eigenvalue weighted by Gasteiger charge is 2.07. The maximum Gasteiger partial charge on any atom is 0.321 e. The zero-order valence-electron chi connectivity index (χ0n) is 9.90. The van der Waals surface area contributed by atoms with Gasteiger partial charge in [0.1, 0.15) is 5.75 Å². The predicted octanol–water partition coefficient (Wildman–Crippen LogP) is 0.783. The Balaban J connectivity index is 2.38. The van der Waals surface area contributed by atoms with Gasteiger partial charge >= 0.3 is 6.03 Å². The van der Waals surface area contributed by atoms with Crippen molar-refractivity contribution in [3.05, 3.63) is 29.8 Å². The lowest BCUT2D eigenvalue weighted by molar-refractivity contribution is -0.122. The van der Waals surface area contributed by atoms with Crippen LogP contribution < -0.4 is 15.4 Å². The number of rotatable bonds is 4. The molecule has 94 valence electrons. The molecule has 0 aliphatic rings. The Labute approximate surface area is 105 Å². The molecule has 3 amide bonds. The number of hydrogen-bond donors (Lipinski definition) is 2. The minimum atomic E-state index is -0.550. The molecule has 1 rings (SSSR count). The Bertz CT molecular complexity index is 462. The van der Waals surface area contributed by atoms with Gasteiger partial charge in [0.25, 0.3) is 5.91 Å². The standard InChI is InChI=1S/C12H13N3O3/c1-2-14-12(17)15-11(16)8-18-10-5-3-9(7-13)4-6-10/h3-6H,2,8H2,1H3,(H2,14,15,16,17). The Morgan fingerprint density at radius 3 is 2.56 bits per heavy atom. The summed E-state index contributed by atoms with van der Waals surface area (Å²) in [5.41, 5.74) is 0.508. The summed E-state index contributed by atoms with van der Waals surface area (Å²) in [6, 6.07) is 7.74. The van der Waals surface area contributed by atoms with E-state index in [4.69, 9.17) is 10.00 Å². The van der Waals surface area contributed by atoms with Crippen molar-refractivity contribution in [3.63, 3.8) is 0 Å². The van der Waals surface area contributed by atoms with E-state index < -0.39 is 11.9 Å². The zero-order valence-corrected chi connectivity index (χ0v) is 9.90. The summed E-state index contributed by atoms with van der Waals surface area (Å²) in [7, 11) is 0. The van der Waals surface area contributed by atoms with Crippen molar-refractivity contribution in [2.45, 2.75) is 6.92 Å². The van der Waals surface area contributed by atoms with Gasteiger partial charge in [-0.3, -0.25) is 10.1 Å². The van der Waals surface area contributed by atoms with Gasteiger partial charge in [-0.1, -0.05) is 0 Å². The van der Waals surface area contributed by atoms with E-state index in [-0.39, 0.29) is 6.61 Å². The van der Waals surface area contributed by atoms with Crippen LogP contribution in [0.5, 0.6) is 5.75 Å². The zero-order chi connectivity index (χ0) is 13.4. The van der Waals surface area contributed by atoms with Crippen LogP contribution in [0.4, 0.5) is 4.79 Å². The molecule has 0 heterocycles. The third-order valence-electron chi connectivity index (χ3n) is 1.94. The van der Waals surface area contributed by atoms with Gasteiger partial charge in [0.2, 0.25) is 0 Å². The van der Waals surface area contributed by atoms with E-state index in [0.29, 0.717) is 17.9 Å². The molecule has 1 aromatic rings. The van der Waals surface area contributed by atoms with Gasteiger partial charge in [0.05, 0.1) is 11.6 Å². The molecule has 0 unspecified atom stereocenters. The van der Waals surface area contributed by atoms with Crippen LogP contribution in [-0.2, 0) is 4.79 Å². The van der Waals surface area contributed by atoms with Crippen molar-refractivity contribution >= 4 is 11.9 Å². The number of carbonyl (C=O) groups excluding carboxylic acids is 2. The Kier molecular flexibility index (Phi) is 5.19. The van der Waals surface area contributed by atoms with Crippen LogP contribution in [0.3, 0.4) is 0 Å². The Morgan fingerprint density at radius 2 is 2.00 bits per heavy atom. The van der Waals surface area contributed by atoms with Crippen LogP contribution in [0.1, 0.15) is 12.5 Å². The van der Waals surface area contributed by atoms with Crippen molar-refractivity contribution in [3.8, 4) is 11.8 Å². The Hall–Kier alpha value is -2.55. The highest BCUT2D eigenvalue weighted by molar-refractivity contribution is 5.94. The lowest BCUT2D eigenvalue weighted by Gasteiger charge is -2.06. The lowest BCUT2D eigenvalue weighted by Crippen LogP contribution is -2.41. The van der Waals surface area contributed by atoms with Gasteiger partial charge in [-0.05, 0) is 31.2 Å². The van der Waals surface area contributed by atoms with Crippen LogP contribution in [0.25, 0.3) is 0 Å². The van der Waals surface area contributed by atoms with Gasteiger partial charge in [-0.15, -0.1) is 0 Å². The van der Waals surface area contributed by atoms with Crippen molar-refractivity contribution in [2.75, 3.05) is 13.2 Å². The molecular formula is C12H13N3O3. The summed E-state index contributed by atoms with van der Waals surface area (Å²) in [5.74, 6) is -0.0784. The number of ether oxygens (including phenoxy) is 1. The molecule has 6 nitrogen and oxygen atoms in total.